The van der Waals surface area contributed by atoms with Crippen LogP contribution in [0, 0.1) is 0 Å². The average Bonchev–Trinajstić information content (AvgIpc) is 2.03. The first-order valence-corrected chi connectivity index (χ1v) is 3.93. The van der Waals surface area contributed by atoms with Gasteiger partial charge in [0, 0.05) is 0 Å². The van der Waals surface area contributed by atoms with Crippen LogP contribution in [-0.4, -0.2) is 46.8 Å². The summed E-state index contributed by atoms with van der Waals surface area (Å²) in [6.07, 6.45) is -3.59. The lowest BCUT2D eigenvalue weighted by Gasteiger charge is -2.18. The van der Waals surface area contributed by atoms with Crippen LogP contribution < -0.4 is 0 Å². The molecule has 0 aliphatic rings. The maximum atomic E-state index is 9.30. The molecule has 0 saturated heterocycles. The molecule has 0 bridgehead atoms. The Kier molecular flexibility index (Phi) is 4.83. The van der Waals surface area contributed by atoms with E-state index in [9.17, 15) is 10.2 Å². The summed E-state index contributed by atoms with van der Waals surface area (Å²) in [6.45, 7) is 2.69. The van der Waals surface area contributed by atoms with Crippen molar-refractivity contribution >= 4 is 8.05 Å². The van der Waals surface area contributed by atoms with E-state index in [-0.39, 0.29) is 5.76 Å². The van der Waals surface area contributed by atoms with Crippen LogP contribution in [0.4, 0.5) is 0 Å². The number of hydrogen-bond acceptors (Lipinski definition) is 5. The summed E-state index contributed by atoms with van der Waals surface area (Å²) in [7, 11) is 1.26. The molecule has 3 unspecified atom stereocenters. The molecule has 0 rings (SSSR count). The third-order valence-corrected chi connectivity index (χ3v) is 1.59. The molecule has 0 fully saturated rings. The van der Waals surface area contributed by atoms with Crippen LogP contribution in [0.3, 0.4) is 0 Å². The van der Waals surface area contributed by atoms with Gasteiger partial charge in [-0.3, -0.25) is 0 Å². The van der Waals surface area contributed by atoms with Crippen molar-refractivity contribution in [1.29, 1.82) is 0 Å². The molecule has 4 N–H and O–H groups in total. The molecule has 0 saturated carbocycles. The molecule has 0 aromatic heterocycles. The lowest BCUT2D eigenvalue weighted by molar-refractivity contribution is 0.0208. The topological polar surface area (TPSA) is 90.2 Å². The largest absolute Gasteiger partial charge is 0.567 e. The minimum Gasteiger partial charge on any atom is -0.567 e. The lowest BCUT2D eigenvalue weighted by atomic mass is 10.1. The molecule has 3 atom stereocenters. The van der Waals surface area contributed by atoms with E-state index in [0.717, 1.165) is 0 Å². The Morgan fingerprint density at radius 1 is 1.23 bits per heavy atom. The SMILES string of the molecule is BO/C(=C(\O)C(O)C(C)O)C(C)O. The number of aliphatic hydroxyl groups excluding tert-OH is 4. The van der Waals surface area contributed by atoms with Crippen molar-refractivity contribution in [2.24, 2.45) is 0 Å². The van der Waals surface area contributed by atoms with Gasteiger partial charge in [-0.2, -0.15) is 0 Å². The summed E-state index contributed by atoms with van der Waals surface area (Å²) in [5.41, 5.74) is 0. The normalized spacial score (nSPS) is 20.1. The molecular weight excluding hydrogens is 175 g/mol. The van der Waals surface area contributed by atoms with E-state index in [0.29, 0.717) is 0 Å². The summed E-state index contributed by atoms with van der Waals surface area (Å²) < 4.78 is 4.65. The van der Waals surface area contributed by atoms with E-state index < -0.39 is 24.1 Å². The Labute approximate surface area is 77.7 Å². The van der Waals surface area contributed by atoms with Gasteiger partial charge in [0.1, 0.15) is 18.0 Å². The third kappa shape index (κ3) is 3.26. The summed E-state index contributed by atoms with van der Waals surface area (Å²) in [6, 6.07) is 0. The quantitative estimate of drug-likeness (QED) is 0.318. The minimum absolute atomic E-state index is 0.145. The van der Waals surface area contributed by atoms with E-state index in [1.54, 1.807) is 0 Å². The van der Waals surface area contributed by atoms with Crippen LogP contribution >= 0.6 is 0 Å². The Balaban J connectivity index is 4.74. The zero-order valence-electron chi connectivity index (χ0n) is 7.93. The van der Waals surface area contributed by atoms with Crippen LogP contribution in [0.15, 0.2) is 11.5 Å². The molecule has 76 valence electrons. The van der Waals surface area contributed by atoms with E-state index in [2.05, 4.69) is 4.65 Å². The molecule has 0 amide bonds. The predicted octanol–water partition coefficient (Wildman–Crippen LogP) is -1.56. The summed E-state index contributed by atoms with van der Waals surface area (Å²) in [5.74, 6) is -0.694. The maximum Gasteiger partial charge on any atom is 0.321 e. The molecule has 0 aliphatic carbocycles. The van der Waals surface area contributed by atoms with Crippen LogP contribution in [0.25, 0.3) is 0 Å². The highest BCUT2D eigenvalue weighted by Crippen LogP contribution is 2.13. The summed E-state index contributed by atoms with van der Waals surface area (Å²) in [4.78, 5) is 0. The van der Waals surface area contributed by atoms with Gasteiger partial charge in [-0.15, -0.1) is 0 Å². The maximum absolute atomic E-state index is 9.30. The molecule has 0 heterocycles. The molecule has 6 heteroatoms. The smallest absolute Gasteiger partial charge is 0.321 e. The van der Waals surface area contributed by atoms with Gasteiger partial charge in [-0.1, -0.05) is 0 Å². The van der Waals surface area contributed by atoms with Gasteiger partial charge in [-0.25, -0.2) is 0 Å². The first-order chi connectivity index (χ1) is 5.91. The first kappa shape index (κ1) is 12.3. The van der Waals surface area contributed by atoms with Gasteiger partial charge in [-0.05, 0) is 13.8 Å². The van der Waals surface area contributed by atoms with Crippen molar-refractivity contribution in [3.05, 3.63) is 11.5 Å². The van der Waals surface area contributed by atoms with Crippen molar-refractivity contribution in [2.45, 2.75) is 32.2 Å². The molecule has 0 spiro atoms. The van der Waals surface area contributed by atoms with E-state index in [1.807, 2.05) is 0 Å². The highest BCUT2D eigenvalue weighted by atomic mass is 16.5. The van der Waals surface area contributed by atoms with E-state index in [4.69, 9.17) is 10.2 Å². The second-order valence-electron chi connectivity index (χ2n) is 2.82. The second kappa shape index (κ2) is 5.11. The van der Waals surface area contributed by atoms with E-state index in [1.165, 1.54) is 21.9 Å². The minimum atomic E-state index is -1.44. The number of aliphatic hydroxyl groups is 4. The molecule has 0 aromatic rings. The van der Waals surface area contributed by atoms with Crippen LogP contribution in [0.1, 0.15) is 13.8 Å². The highest BCUT2D eigenvalue weighted by molar-refractivity contribution is 5.98. The fraction of sp³-hybridized carbons (Fsp3) is 0.714. The van der Waals surface area contributed by atoms with Crippen LogP contribution in [0.5, 0.6) is 0 Å². The number of rotatable bonds is 4. The molecule has 5 nitrogen and oxygen atoms in total. The Morgan fingerprint density at radius 3 is 1.92 bits per heavy atom. The molecule has 13 heavy (non-hydrogen) atoms. The van der Waals surface area contributed by atoms with Gasteiger partial charge >= 0.3 is 8.05 Å². The van der Waals surface area contributed by atoms with Crippen molar-refractivity contribution in [2.75, 3.05) is 0 Å². The van der Waals surface area contributed by atoms with Gasteiger partial charge in [0.15, 0.2) is 5.76 Å². The van der Waals surface area contributed by atoms with Gasteiger partial charge in [0.25, 0.3) is 0 Å². The van der Waals surface area contributed by atoms with Crippen molar-refractivity contribution < 1.29 is 25.1 Å². The number of hydrogen-bond donors (Lipinski definition) is 4. The van der Waals surface area contributed by atoms with Crippen molar-refractivity contribution in [3.63, 3.8) is 0 Å². The second-order valence-corrected chi connectivity index (χ2v) is 2.82. The molecule has 0 radical (unpaired) electrons. The standard InChI is InChI=1S/C7H15BO5/c1-3(9)5(11)6(12)7(13-8)4(2)10/h3-5,9-12H,8H2,1-2H3/b7-6-. The van der Waals surface area contributed by atoms with Crippen LogP contribution in [0.2, 0.25) is 0 Å². The highest BCUT2D eigenvalue weighted by Gasteiger charge is 2.22. The van der Waals surface area contributed by atoms with Crippen molar-refractivity contribution in [1.82, 2.24) is 0 Å². The predicted molar refractivity (Wildman–Crippen MR) is 48.7 cm³/mol. The lowest BCUT2D eigenvalue weighted by Crippen LogP contribution is -2.28. The van der Waals surface area contributed by atoms with Gasteiger partial charge in [0.05, 0.1) is 6.10 Å². The monoisotopic (exact) mass is 190 g/mol. The van der Waals surface area contributed by atoms with Crippen LogP contribution in [-0.2, 0) is 4.65 Å². The molecule has 0 aliphatic heterocycles. The Bertz CT molecular complexity index is 189. The molecule has 0 aromatic carbocycles. The van der Waals surface area contributed by atoms with Gasteiger partial charge < -0.3 is 25.1 Å². The summed E-state index contributed by atoms with van der Waals surface area (Å²) in [5, 5.41) is 36.5. The zero-order valence-corrected chi connectivity index (χ0v) is 7.93. The molecular formula is C7H15BO5. The van der Waals surface area contributed by atoms with Gasteiger partial charge in [0.2, 0.25) is 0 Å². The fourth-order valence-electron chi connectivity index (χ4n) is 0.863. The Morgan fingerprint density at radius 2 is 1.69 bits per heavy atom. The summed E-state index contributed by atoms with van der Waals surface area (Å²) >= 11 is 0. The first-order valence-electron chi connectivity index (χ1n) is 3.93. The van der Waals surface area contributed by atoms with Crippen molar-refractivity contribution in [3.8, 4) is 0 Å². The average molecular weight is 190 g/mol. The fourth-order valence-corrected chi connectivity index (χ4v) is 0.863. The third-order valence-electron chi connectivity index (χ3n) is 1.59. The van der Waals surface area contributed by atoms with E-state index >= 15 is 0 Å². The zero-order chi connectivity index (χ0) is 10.6. The Hall–Kier alpha value is -0.715.